The molecular formula is C11H16O2. The molecule has 0 amide bonds. The molecular weight excluding hydrogens is 164 g/mol. The van der Waals surface area contributed by atoms with Gasteiger partial charge in [-0.1, -0.05) is 24.3 Å². The Hall–Kier alpha value is -0.860. The first-order chi connectivity index (χ1) is 6.11. The zero-order valence-electron chi connectivity index (χ0n) is 8.32. The predicted octanol–water partition coefficient (Wildman–Crippen LogP) is 2.41. The van der Waals surface area contributed by atoms with Crippen LogP contribution in [-0.2, 0) is 4.74 Å². The molecule has 0 fully saturated rings. The monoisotopic (exact) mass is 180 g/mol. The minimum atomic E-state index is -0.804. The molecule has 0 heterocycles. The summed E-state index contributed by atoms with van der Waals surface area (Å²) in [6.07, 6.45) is -0.768. The van der Waals surface area contributed by atoms with Gasteiger partial charge in [0.2, 0.25) is 0 Å². The predicted molar refractivity (Wildman–Crippen MR) is 52.4 cm³/mol. The fourth-order valence-electron chi connectivity index (χ4n) is 1.19. The average molecular weight is 180 g/mol. The molecule has 1 unspecified atom stereocenters. The molecule has 1 rings (SSSR count). The second kappa shape index (κ2) is 4.40. The Bertz CT molecular complexity index is 269. The van der Waals surface area contributed by atoms with Crippen molar-refractivity contribution in [3.8, 4) is 0 Å². The molecule has 72 valence electrons. The van der Waals surface area contributed by atoms with Gasteiger partial charge in [-0.05, 0) is 26.3 Å². The van der Waals surface area contributed by atoms with E-state index in [9.17, 15) is 5.11 Å². The fourth-order valence-corrected chi connectivity index (χ4v) is 1.19. The van der Waals surface area contributed by atoms with Crippen molar-refractivity contribution in [3.05, 3.63) is 35.4 Å². The van der Waals surface area contributed by atoms with Crippen molar-refractivity contribution in [2.75, 3.05) is 0 Å². The topological polar surface area (TPSA) is 29.5 Å². The van der Waals surface area contributed by atoms with E-state index in [0.29, 0.717) is 0 Å². The van der Waals surface area contributed by atoms with Crippen molar-refractivity contribution < 1.29 is 9.84 Å². The van der Waals surface area contributed by atoms with Gasteiger partial charge in [-0.15, -0.1) is 0 Å². The number of aryl methyl sites for hydroxylation is 1. The summed E-state index contributed by atoms with van der Waals surface area (Å²) in [7, 11) is 0. The first kappa shape index (κ1) is 10.2. The minimum absolute atomic E-state index is 0.0367. The van der Waals surface area contributed by atoms with Crippen LogP contribution in [0.2, 0.25) is 0 Å². The summed E-state index contributed by atoms with van der Waals surface area (Å²) >= 11 is 0. The molecule has 0 aliphatic heterocycles. The molecule has 0 radical (unpaired) electrons. The molecule has 0 saturated heterocycles. The highest BCUT2D eigenvalue weighted by Gasteiger charge is 2.10. The van der Waals surface area contributed by atoms with E-state index in [1.54, 1.807) is 0 Å². The lowest BCUT2D eigenvalue weighted by Gasteiger charge is -2.16. The lowest BCUT2D eigenvalue weighted by atomic mass is 10.1. The maximum atomic E-state index is 9.65. The fraction of sp³-hybridized carbons (Fsp3) is 0.455. The van der Waals surface area contributed by atoms with Crippen molar-refractivity contribution >= 4 is 0 Å². The van der Waals surface area contributed by atoms with E-state index in [-0.39, 0.29) is 6.10 Å². The zero-order chi connectivity index (χ0) is 9.84. The Morgan fingerprint density at radius 2 is 1.85 bits per heavy atom. The highest BCUT2D eigenvalue weighted by atomic mass is 16.6. The molecule has 13 heavy (non-hydrogen) atoms. The van der Waals surface area contributed by atoms with Crippen LogP contribution in [0.1, 0.15) is 31.3 Å². The highest BCUT2D eigenvalue weighted by molar-refractivity contribution is 5.26. The summed E-state index contributed by atoms with van der Waals surface area (Å²) in [6.45, 7) is 5.77. The van der Waals surface area contributed by atoms with Crippen molar-refractivity contribution in [2.24, 2.45) is 0 Å². The van der Waals surface area contributed by atoms with E-state index in [1.165, 1.54) is 0 Å². The van der Waals surface area contributed by atoms with Crippen molar-refractivity contribution in [2.45, 2.75) is 33.2 Å². The first-order valence-electron chi connectivity index (χ1n) is 4.50. The molecule has 0 bridgehead atoms. The summed E-state index contributed by atoms with van der Waals surface area (Å²) in [6, 6.07) is 7.68. The largest absolute Gasteiger partial charge is 0.364 e. The number of hydrogen-bond acceptors (Lipinski definition) is 2. The normalized spacial score (nSPS) is 13.3. The van der Waals surface area contributed by atoms with Gasteiger partial charge in [0.05, 0.1) is 6.10 Å². The quantitative estimate of drug-likeness (QED) is 0.724. The van der Waals surface area contributed by atoms with Crippen molar-refractivity contribution in [1.29, 1.82) is 0 Å². The third kappa shape index (κ3) is 2.83. The maximum absolute atomic E-state index is 9.65. The second-order valence-electron chi connectivity index (χ2n) is 3.39. The smallest absolute Gasteiger partial charge is 0.181 e. The van der Waals surface area contributed by atoms with Gasteiger partial charge in [0.25, 0.3) is 0 Å². The zero-order valence-corrected chi connectivity index (χ0v) is 8.32. The number of rotatable bonds is 3. The maximum Gasteiger partial charge on any atom is 0.181 e. The number of benzene rings is 1. The van der Waals surface area contributed by atoms with E-state index in [2.05, 4.69) is 0 Å². The van der Waals surface area contributed by atoms with Crippen LogP contribution in [-0.4, -0.2) is 11.2 Å². The van der Waals surface area contributed by atoms with Crippen LogP contribution in [0.4, 0.5) is 0 Å². The van der Waals surface area contributed by atoms with Gasteiger partial charge in [-0.25, -0.2) is 0 Å². The Labute approximate surface area is 79.2 Å². The van der Waals surface area contributed by atoms with Gasteiger partial charge in [0, 0.05) is 5.56 Å². The molecule has 0 saturated carbocycles. The molecule has 2 heteroatoms. The van der Waals surface area contributed by atoms with Crippen molar-refractivity contribution in [1.82, 2.24) is 0 Å². The number of aliphatic hydroxyl groups is 1. The molecule has 1 aromatic carbocycles. The van der Waals surface area contributed by atoms with Crippen LogP contribution in [0.3, 0.4) is 0 Å². The third-order valence-corrected chi connectivity index (χ3v) is 1.86. The second-order valence-corrected chi connectivity index (χ2v) is 3.39. The lowest BCUT2D eigenvalue weighted by Crippen LogP contribution is -2.10. The molecule has 0 aliphatic carbocycles. The highest BCUT2D eigenvalue weighted by Crippen LogP contribution is 2.19. The van der Waals surface area contributed by atoms with Crippen LogP contribution in [0.25, 0.3) is 0 Å². The standard InChI is InChI=1S/C11H16O2/c1-8(2)13-11(12)10-7-5-4-6-9(10)3/h4-8,11-12H,1-3H3. The van der Waals surface area contributed by atoms with Crippen LogP contribution >= 0.6 is 0 Å². The molecule has 1 atom stereocenters. The summed E-state index contributed by atoms with van der Waals surface area (Å²) in [5.74, 6) is 0. The third-order valence-electron chi connectivity index (χ3n) is 1.86. The Balaban J connectivity index is 2.76. The molecule has 0 aliphatic rings. The molecule has 0 aromatic heterocycles. The van der Waals surface area contributed by atoms with Gasteiger partial charge in [-0.2, -0.15) is 0 Å². The number of hydrogen-bond donors (Lipinski definition) is 1. The number of aliphatic hydroxyl groups excluding tert-OH is 1. The van der Waals surface area contributed by atoms with Crippen LogP contribution < -0.4 is 0 Å². The molecule has 1 aromatic rings. The molecule has 1 N–H and O–H groups in total. The van der Waals surface area contributed by atoms with E-state index in [1.807, 2.05) is 45.0 Å². The van der Waals surface area contributed by atoms with Crippen LogP contribution in [0, 0.1) is 6.92 Å². The summed E-state index contributed by atoms with van der Waals surface area (Å²) in [5.41, 5.74) is 1.90. The molecule has 2 nitrogen and oxygen atoms in total. The Morgan fingerprint density at radius 1 is 1.23 bits per heavy atom. The van der Waals surface area contributed by atoms with Gasteiger partial charge in [-0.3, -0.25) is 0 Å². The summed E-state index contributed by atoms with van der Waals surface area (Å²) in [4.78, 5) is 0. The van der Waals surface area contributed by atoms with Gasteiger partial charge in [0.1, 0.15) is 0 Å². The average Bonchev–Trinajstić information content (AvgIpc) is 2.03. The van der Waals surface area contributed by atoms with Gasteiger partial charge in [0.15, 0.2) is 6.29 Å². The first-order valence-corrected chi connectivity index (χ1v) is 4.50. The molecule has 0 spiro atoms. The van der Waals surface area contributed by atoms with Gasteiger partial charge >= 0.3 is 0 Å². The SMILES string of the molecule is Cc1ccccc1C(O)OC(C)C. The summed E-state index contributed by atoms with van der Waals surface area (Å²) < 4.78 is 5.27. The van der Waals surface area contributed by atoms with Crippen LogP contribution in [0.15, 0.2) is 24.3 Å². The van der Waals surface area contributed by atoms with E-state index in [4.69, 9.17) is 4.74 Å². The van der Waals surface area contributed by atoms with Crippen molar-refractivity contribution in [3.63, 3.8) is 0 Å². The lowest BCUT2D eigenvalue weighted by molar-refractivity contribution is -0.129. The summed E-state index contributed by atoms with van der Waals surface area (Å²) in [5, 5.41) is 9.65. The minimum Gasteiger partial charge on any atom is -0.364 e. The van der Waals surface area contributed by atoms with E-state index < -0.39 is 6.29 Å². The van der Waals surface area contributed by atoms with E-state index in [0.717, 1.165) is 11.1 Å². The number of ether oxygens (including phenoxy) is 1. The Kier molecular flexibility index (Phi) is 3.46. The van der Waals surface area contributed by atoms with E-state index >= 15 is 0 Å². The van der Waals surface area contributed by atoms with Crippen LogP contribution in [0.5, 0.6) is 0 Å². The van der Waals surface area contributed by atoms with Gasteiger partial charge < -0.3 is 9.84 Å². The Morgan fingerprint density at radius 3 is 2.38 bits per heavy atom.